The summed E-state index contributed by atoms with van der Waals surface area (Å²) in [5, 5.41) is 6.29. The predicted octanol–water partition coefficient (Wildman–Crippen LogP) is 2.40. The Morgan fingerprint density at radius 3 is 2.86 bits per heavy atom. The van der Waals surface area contributed by atoms with Crippen LogP contribution in [0.3, 0.4) is 0 Å². The van der Waals surface area contributed by atoms with Gasteiger partial charge in [0.05, 0.1) is 11.9 Å². The van der Waals surface area contributed by atoms with E-state index in [0.717, 1.165) is 44.1 Å². The first-order valence-corrected chi connectivity index (χ1v) is 8.53. The summed E-state index contributed by atoms with van der Waals surface area (Å²) in [6.45, 7) is 4.33. The lowest BCUT2D eigenvalue weighted by Gasteiger charge is -2.27. The van der Waals surface area contributed by atoms with Gasteiger partial charge in [0, 0.05) is 19.5 Å². The summed E-state index contributed by atoms with van der Waals surface area (Å²) < 4.78 is 0. The fraction of sp³-hybridized carbons (Fsp3) is 0.647. The van der Waals surface area contributed by atoms with E-state index >= 15 is 0 Å². The second-order valence-corrected chi connectivity index (χ2v) is 6.40. The number of piperidine rings is 1. The van der Waals surface area contributed by atoms with Gasteiger partial charge in [0.25, 0.3) is 0 Å². The molecule has 2 aliphatic heterocycles. The average molecular weight is 302 g/mol. The number of carbonyl (C=O) groups excluding carboxylic acids is 1. The van der Waals surface area contributed by atoms with Gasteiger partial charge in [0.2, 0.25) is 5.91 Å². The third-order valence-corrected chi connectivity index (χ3v) is 4.65. The molecule has 0 radical (unpaired) electrons. The van der Waals surface area contributed by atoms with Crippen LogP contribution in [0.5, 0.6) is 0 Å². The molecule has 1 atom stereocenters. The van der Waals surface area contributed by atoms with Crippen molar-refractivity contribution in [3.63, 3.8) is 0 Å². The van der Waals surface area contributed by atoms with Crippen molar-refractivity contribution in [3.05, 3.63) is 18.3 Å². The summed E-state index contributed by atoms with van der Waals surface area (Å²) in [6.07, 6.45) is 8.35. The number of hydrogen-bond acceptors (Lipinski definition) is 4. The fourth-order valence-corrected chi connectivity index (χ4v) is 3.29. The Hall–Kier alpha value is -1.62. The van der Waals surface area contributed by atoms with Crippen LogP contribution in [0, 0.1) is 5.92 Å². The Morgan fingerprint density at radius 2 is 2.18 bits per heavy atom. The Bertz CT molecular complexity index is 476. The lowest BCUT2D eigenvalue weighted by Crippen LogP contribution is -2.30. The van der Waals surface area contributed by atoms with Gasteiger partial charge in [-0.3, -0.25) is 4.79 Å². The molecule has 22 heavy (non-hydrogen) atoms. The van der Waals surface area contributed by atoms with Crippen molar-refractivity contribution in [3.8, 4) is 0 Å². The van der Waals surface area contributed by atoms with Crippen molar-refractivity contribution in [2.45, 2.75) is 38.5 Å². The van der Waals surface area contributed by atoms with E-state index in [9.17, 15) is 4.79 Å². The maximum atomic E-state index is 12.0. The molecule has 0 spiro atoms. The van der Waals surface area contributed by atoms with Gasteiger partial charge >= 0.3 is 0 Å². The lowest BCUT2D eigenvalue weighted by molar-refractivity contribution is -0.116. The number of aromatic nitrogens is 1. The second-order valence-electron chi connectivity index (χ2n) is 6.40. The van der Waals surface area contributed by atoms with E-state index in [0.29, 0.717) is 12.3 Å². The molecule has 5 nitrogen and oxygen atoms in total. The zero-order valence-corrected chi connectivity index (χ0v) is 13.2. The van der Waals surface area contributed by atoms with Gasteiger partial charge in [0.15, 0.2) is 0 Å². The topological polar surface area (TPSA) is 57.3 Å². The van der Waals surface area contributed by atoms with Gasteiger partial charge in [-0.05, 0) is 63.2 Å². The Labute approximate surface area is 132 Å². The molecule has 1 amide bonds. The van der Waals surface area contributed by atoms with E-state index < -0.39 is 0 Å². The summed E-state index contributed by atoms with van der Waals surface area (Å²) in [6, 6.07) is 3.98. The molecule has 2 fully saturated rings. The monoisotopic (exact) mass is 302 g/mol. The molecule has 5 heteroatoms. The molecule has 0 aliphatic carbocycles. The largest absolute Gasteiger partial charge is 0.357 e. The molecule has 0 saturated carbocycles. The molecular weight excluding hydrogens is 276 g/mol. The van der Waals surface area contributed by atoms with Crippen LogP contribution in [-0.2, 0) is 4.79 Å². The molecule has 0 aromatic carbocycles. The fourth-order valence-electron chi connectivity index (χ4n) is 3.29. The molecule has 3 rings (SSSR count). The van der Waals surface area contributed by atoms with Gasteiger partial charge in [-0.2, -0.15) is 0 Å². The molecule has 3 heterocycles. The normalized spacial score (nSPS) is 21.8. The maximum absolute atomic E-state index is 12.0. The number of amides is 1. The van der Waals surface area contributed by atoms with Gasteiger partial charge in [-0.1, -0.05) is 0 Å². The number of nitrogens with zero attached hydrogens (tertiary/aromatic N) is 2. The van der Waals surface area contributed by atoms with Crippen LogP contribution in [0.15, 0.2) is 18.3 Å². The minimum absolute atomic E-state index is 0.0967. The van der Waals surface area contributed by atoms with Crippen LogP contribution >= 0.6 is 0 Å². The number of nitrogens with one attached hydrogen (secondary N) is 2. The summed E-state index contributed by atoms with van der Waals surface area (Å²) in [4.78, 5) is 18.8. The summed E-state index contributed by atoms with van der Waals surface area (Å²) >= 11 is 0. The van der Waals surface area contributed by atoms with E-state index in [-0.39, 0.29) is 5.91 Å². The van der Waals surface area contributed by atoms with Crippen molar-refractivity contribution in [2.24, 2.45) is 5.92 Å². The Kier molecular flexibility index (Phi) is 5.27. The number of anilines is 2. The molecule has 1 aromatic heterocycles. The molecule has 2 N–H and O–H groups in total. The van der Waals surface area contributed by atoms with Gasteiger partial charge in [-0.25, -0.2) is 4.98 Å². The van der Waals surface area contributed by atoms with Crippen molar-refractivity contribution < 1.29 is 4.79 Å². The molecule has 0 bridgehead atoms. The van der Waals surface area contributed by atoms with Crippen LogP contribution in [0.2, 0.25) is 0 Å². The first-order chi connectivity index (χ1) is 10.8. The number of pyridine rings is 1. The minimum atomic E-state index is 0.0967. The van der Waals surface area contributed by atoms with Crippen molar-refractivity contribution >= 4 is 17.4 Å². The lowest BCUT2D eigenvalue weighted by atomic mass is 10.0. The first-order valence-electron chi connectivity index (χ1n) is 8.53. The second kappa shape index (κ2) is 7.58. The van der Waals surface area contributed by atoms with E-state index in [4.69, 9.17) is 0 Å². The zero-order chi connectivity index (χ0) is 15.2. The SMILES string of the molecule is O=C(CCC1CCNC1)Nc1ccc(N2CCCCC2)nc1. The van der Waals surface area contributed by atoms with Gasteiger partial charge in [-0.15, -0.1) is 0 Å². The van der Waals surface area contributed by atoms with E-state index in [1.54, 1.807) is 6.20 Å². The molecule has 1 aromatic rings. The molecule has 1 unspecified atom stereocenters. The quantitative estimate of drug-likeness (QED) is 0.877. The van der Waals surface area contributed by atoms with Gasteiger partial charge in [0.1, 0.15) is 5.82 Å². The van der Waals surface area contributed by atoms with Crippen LogP contribution < -0.4 is 15.5 Å². The van der Waals surface area contributed by atoms with Crippen LogP contribution in [0.4, 0.5) is 11.5 Å². The zero-order valence-electron chi connectivity index (χ0n) is 13.2. The highest BCUT2D eigenvalue weighted by Gasteiger charge is 2.16. The molecule has 2 aliphatic rings. The number of rotatable bonds is 5. The first kappa shape index (κ1) is 15.3. The van der Waals surface area contributed by atoms with Crippen LogP contribution in [0.25, 0.3) is 0 Å². The smallest absolute Gasteiger partial charge is 0.224 e. The van der Waals surface area contributed by atoms with E-state index in [1.807, 2.05) is 12.1 Å². The van der Waals surface area contributed by atoms with Crippen molar-refractivity contribution in [1.82, 2.24) is 10.3 Å². The third-order valence-electron chi connectivity index (χ3n) is 4.65. The molecule has 2 saturated heterocycles. The third kappa shape index (κ3) is 4.19. The Morgan fingerprint density at radius 1 is 1.32 bits per heavy atom. The summed E-state index contributed by atoms with van der Waals surface area (Å²) in [5.74, 6) is 1.78. The van der Waals surface area contributed by atoms with E-state index in [1.165, 1.54) is 25.7 Å². The summed E-state index contributed by atoms with van der Waals surface area (Å²) in [5.41, 5.74) is 0.801. The Balaban J connectivity index is 1.46. The number of carbonyl (C=O) groups is 1. The average Bonchev–Trinajstić information content (AvgIpc) is 3.08. The molecule has 120 valence electrons. The van der Waals surface area contributed by atoms with Crippen LogP contribution in [-0.4, -0.2) is 37.1 Å². The maximum Gasteiger partial charge on any atom is 0.224 e. The highest BCUT2D eigenvalue weighted by Crippen LogP contribution is 2.19. The van der Waals surface area contributed by atoms with Crippen molar-refractivity contribution in [2.75, 3.05) is 36.4 Å². The standard InChI is InChI=1S/C17H26N4O/c22-17(7-4-14-8-9-18-12-14)20-15-5-6-16(19-13-15)21-10-2-1-3-11-21/h5-6,13-14,18H,1-4,7-12H2,(H,20,22). The van der Waals surface area contributed by atoms with Gasteiger partial charge < -0.3 is 15.5 Å². The molecular formula is C17H26N4O. The number of hydrogen-bond donors (Lipinski definition) is 2. The minimum Gasteiger partial charge on any atom is -0.357 e. The van der Waals surface area contributed by atoms with Crippen molar-refractivity contribution in [1.29, 1.82) is 0 Å². The van der Waals surface area contributed by atoms with E-state index in [2.05, 4.69) is 20.5 Å². The predicted molar refractivity (Wildman–Crippen MR) is 89.1 cm³/mol. The van der Waals surface area contributed by atoms with Crippen LogP contribution in [0.1, 0.15) is 38.5 Å². The highest BCUT2D eigenvalue weighted by molar-refractivity contribution is 5.90. The summed E-state index contributed by atoms with van der Waals surface area (Å²) in [7, 11) is 0. The highest BCUT2D eigenvalue weighted by atomic mass is 16.1.